The first-order chi connectivity index (χ1) is 14.8. The van der Waals surface area contributed by atoms with Crippen LogP contribution in [0.2, 0.25) is 0 Å². The Balaban J connectivity index is 1.55. The summed E-state index contributed by atoms with van der Waals surface area (Å²) in [5.74, 6) is -0.0473. The number of carbonyl (C=O) groups is 1. The third kappa shape index (κ3) is 4.01. The average Bonchev–Trinajstić information content (AvgIpc) is 3.14. The van der Waals surface area contributed by atoms with Crippen molar-refractivity contribution in [2.75, 3.05) is 31.1 Å². The molecule has 1 saturated heterocycles. The van der Waals surface area contributed by atoms with Gasteiger partial charge in [0.25, 0.3) is 11.5 Å². The van der Waals surface area contributed by atoms with Crippen LogP contribution in [0.4, 0.5) is 5.69 Å². The summed E-state index contributed by atoms with van der Waals surface area (Å²) in [4.78, 5) is 45.4. The SMILES string of the molecule is Cc1ccc(N2CCN(C(=O)c3snc4c(=O)n(CC(C)C)c(=O)[nH]c34)CC2)c(C)c1. The zero-order valence-corrected chi connectivity index (χ0v) is 19.1. The number of carbonyl (C=O) groups excluding carboxylic acids is 1. The number of aryl methyl sites for hydroxylation is 2. The Kier molecular flexibility index (Phi) is 5.70. The van der Waals surface area contributed by atoms with E-state index >= 15 is 0 Å². The van der Waals surface area contributed by atoms with E-state index in [9.17, 15) is 14.4 Å². The molecule has 2 aromatic heterocycles. The molecule has 1 aromatic carbocycles. The van der Waals surface area contributed by atoms with Gasteiger partial charge < -0.3 is 14.8 Å². The van der Waals surface area contributed by atoms with E-state index in [0.717, 1.165) is 29.2 Å². The van der Waals surface area contributed by atoms with Gasteiger partial charge in [-0.2, -0.15) is 4.37 Å². The number of benzene rings is 1. The van der Waals surface area contributed by atoms with Gasteiger partial charge in [-0.05, 0) is 42.9 Å². The van der Waals surface area contributed by atoms with Gasteiger partial charge in [-0.3, -0.25) is 14.2 Å². The van der Waals surface area contributed by atoms with Gasteiger partial charge in [0.15, 0.2) is 5.52 Å². The Bertz CT molecular complexity index is 1250. The van der Waals surface area contributed by atoms with Gasteiger partial charge in [0.2, 0.25) is 0 Å². The number of anilines is 1. The first-order valence-corrected chi connectivity index (χ1v) is 11.3. The maximum atomic E-state index is 13.2. The second-order valence-electron chi connectivity index (χ2n) is 8.54. The first kappa shape index (κ1) is 21.3. The minimum Gasteiger partial charge on any atom is -0.368 e. The summed E-state index contributed by atoms with van der Waals surface area (Å²) in [5.41, 5.74) is 3.11. The maximum absolute atomic E-state index is 13.2. The monoisotopic (exact) mass is 441 g/mol. The average molecular weight is 442 g/mol. The van der Waals surface area contributed by atoms with Crippen LogP contribution in [0.25, 0.3) is 11.0 Å². The topological polar surface area (TPSA) is 91.3 Å². The van der Waals surface area contributed by atoms with E-state index in [-0.39, 0.29) is 22.9 Å². The predicted molar refractivity (Wildman–Crippen MR) is 123 cm³/mol. The summed E-state index contributed by atoms with van der Waals surface area (Å²) >= 11 is 0.978. The van der Waals surface area contributed by atoms with Gasteiger partial charge in [0, 0.05) is 38.4 Å². The highest BCUT2D eigenvalue weighted by Gasteiger charge is 2.27. The molecule has 0 bridgehead atoms. The predicted octanol–water partition coefficient (Wildman–Crippen LogP) is 2.38. The van der Waals surface area contributed by atoms with Crippen LogP contribution in [0.5, 0.6) is 0 Å². The Morgan fingerprint density at radius 1 is 1.16 bits per heavy atom. The van der Waals surface area contributed by atoms with Crippen LogP contribution in [-0.4, -0.2) is 50.9 Å². The number of rotatable bonds is 4. The summed E-state index contributed by atoms with van der Waals surface area (Å²) in [6, 6.07) is 6.40. The molecule has 31 heavy (non-hydrogen) atoms. The van der Waals surface area contributed by atoms with Crippen molar-refractivity contribution < 1.29 is 4.79 Å². The molecule has 164 valence electrons. The van der Waals surface area contributed by atoms with E-state index in [2.05, 4.69) is 46.3 Å². The number of H-pyrrole nitrogens is 1. The highest BCUT2D eigenvalue weighted by molar-refractivity contribution is 7.09. The molecule has 1 aliphatic heterocycles. The summed E-state index contributed by atoms with van der Waals surface area (Å²) in [6.45, 7) is 11.0. The van der Waals surface area contributed by atoms with Crippen LogP contribution in [0, 0.1) is 19.8 Å². The highest BCUT2D eigenvalue weighted by Crippen LogP contribution is 2.24. The first-order valence-electron chi connectivity index (χ1n) is 10.5. The maximum Gasteiger partial charge on any atom is 0.328 e. The molecule has 1 aliphatic rings. The van der Waals surface area contributed by atoms with Crippen molar-refractivity contribution in [3.8, 4) is 0 Å². The Labute approximate surface area is 184 Å². The van der Waals surface area contributed by atoms with E-state index in [1.165, 1.54) is 16.8 Å². The summed E-state index contributed by atoms with van der Waals surface area (Å²) < 4.78 is 5.36. The molecule has 0 unspecified atom stereocenters. The number of aromatic nitrogens is 3. The molecular formula is C22H27N5O3S. The molecule has 3 heterocycles. The minimum atomic E-state index is -0.500. The lowest BCUT2D eigenvalue weighted by molar-refractivity contribution is 0.0753. The van der Waals surface area contributed by atoms with E-state index < -0.39 is 11.2 Å². The zero-order chi connectivity index (χ0) is 22.3. The fourth-order valence-corrected chi connectivity index (χ4v) is 4.88. The number of hydrogen-bond acceptors (Lipinski definition) is 6. The molecule has 1 N–H and O–H groups in total. The van der Waals surface area contributed by atoms with E-state index in [4.69, 9.17) is 0 Å². The molecule has 0 saturated carbocycles. The van der Waals surface area contributed by atoms with Gasteiger partial charge in [-0.15, -0.1) is 0 Å². The third-order valence-electron chi connectivity index (χ3n) is 5.62. The zero-order valence-electron chi connectivity index (χ0n) is 18.3. The number of piperazine rings is 1. The van der Waals surface area contributed by atoms with Crippen LogP contribution >= 0.6 is 11.5 Å². The van der Waals surface area contributed by atoms with Crippen molar-refractivity contribution in [1.29, 1.82) is 0 Å². The number of aromatic amines is 1. The van der Waals surface area contributed by atoms with Crippen molar-refractivity contribution in [1.82, 2.24) is 18.8 Å². The molecule has 3 aromatic rings. The van der Waals surface area contributed by atoms with Crippen molar-refractivity contribution >= 4 is 34.2 Å². The van der Waals surface area contributed by atoms with Crippen molar-refractivity contribution in [3.63, 3.8) is 0 Å². The van der Waals surface area contributed by atoms with Crippen molar-refractivity contribution in [2.45, 2.75) is 34.2 Å². The second kappa shape index (κ2) is 8.30. The number of fused-ring (bicyclic) bond motifs is 1. The number of nitrogens with one attached hydrogen (secondary N) is 1. The van der Waals surface area contributed by atoms with E-state index in [1.807, 2.05) is 13.8 Å². The molecule has 4 rings (SSSR count). The largest absolute Gasteiger partial charge is 0.368 e. The molecule has 0 aliphatic carbocycles. The van der Waals surface area contributed by atoms with Gasteiger partial charge in [0.05, 0.1) is 5.52 Å². The second-order valence-corrected chi connectivity index (χ2v) is 9.32. The van der Waals surface area contributed by atoms with Gasteiger partial charge in [-0.25, -0.2) is 4.79 Å². The highest BCUT2D eigenvalue weighted by atomic mass is 32.1. The lowest BCUT2D eigenvalue weighted by Gasteiger charge is -2.36. The molecule has 8 nitrogen and oxygen atoms in total. The van der Waals surface area contributed by atoms with E-state index in [0.29, 0.717) is 24.5 Å². The van der Waals surface area contributed by atoms with Crippen LogP contribution in [-0.2, 0) is 6.54 Å². The quantitative estimate of drug-likeness (QED) is 0.671. The Morgan fingerprint density at radius 2 is 1.87 bits per heavy atom. The third-order valence-corrected chi connectivity index (χ3v) is 6.45. The number of hydrogen-bond donors (Lipinski definition) is 1. The van der Waals surface area contributed by atoms with Gasteiger partial charge in [-0.1, -0.05) is 31.5 Å². The molecule has 0 atom stereocenters. The van der Waals surface area contributed by atoms with Crippen LogP contribution in [0.15, 0.2) is 27.8 Å². The standard InChI is InChI=1S/C22H27N5O3S/c1-13(2)12-27-20(28)18-17(23-22(27)30)19(31-24-18)21(29)26-9-7-25(8-10-26)16-6-5-14(3)11-15(16)4/h5-6,11,13H,7-10,12H2,1-4H3,(H,23,30). The molecule has 9 heteroatoms. The molecule has 1 fully saturated rings. The Morgan fingerprint density at radius 3 is 2.52 bits per heavy atom. The summed E-state index contributed by atoms with van der Waals surface area (Å²) in [6.07, 6.45) is 0. The summed E-state index contributed by atoms with van der Waals surface area (Å²) in [5, 5.41) is 0. The van der Waals surface area contributed by atoms with Crippen LogP contribution in [0.1, 0.15) is 34.6 Å². The summed E-state index contributed by atoms with van der Waals surface area (Å²) in [7, 11) is 0. The van der Waals surface area contributed by atoms with Crippen molar-refractivity contribution in [2.24, 2.45) is 5.92 Å². The number of nitrogens with zero attached hydrogens (tertiary/aromatic N) is 4. The fourth-order valence-electron chi connectivity index (χ4n) is 4.08. The lowest BCUT2D eigenvalue weighted by Crippen LogP contribution is -2.49. The fraction of sp³-hybridized carbons (Fsp3) is 0.455. The van der Waals surface area contributed by atoms with E-state index in [1.54, 1.807) is 4.90 Å². The molecule has 0 spiro atoms. The molecular weight excluding hydrogens is 414 g/mol. The van der Waals surface area contributed by atoms with Crippen LogP contribution in [0.3, 0.4) is 0 Å². The van der Waals surface area contributed by atoms with Crippen molar-refractivity contribution in [3.05, 3.63) is 55.0 Å². The lowest BCUT2D eigenvalue weighted by atomic mass is 10.1. The Hall–Kier alpha value is -2.94. The van der Waals surface area contributed by atoms with Gasteiger partial charge >= 0.3 is 5.69 Å². The normalized spacial score (nSPS) is 14.6. The molecule has 1 amide bonds. The van der Waals surface area contributed by atoms with Gasteiger partial charge in [0.1, 0.15) is 4.88 Å². The number of amides is 1. The van der Waals surface area contributed by atoms with Crippen LogP contribution < -0.4 is 16.1 Å². The smallest absolute Gasteiger partial charge is 0.328 e. The minimum absolute atomic E-state index is 0.143. The molecule has 0 radical (unpaired) electrons.